The number of nitrogens with zero attached hydrogens (tertiary/aromatic N) is 1. The maximum Gasteiger partial charge on any atom is 0.169 e. The minimum absolute atomic E-state index is 0.163. The van der Waals surface area contributed by atoms with Gasteiger partial charge >= 0.3 is 0 Å². The van der Waals surface area contributed by atoms with E-state index in [1.807, 2.05) is 24.4 Å². The number of nitrogens with one attached hydrogen (secondary N) is 1. The van der Waals surface area contributed by atoms with Gasteiger partial charge < -0.3 is 9.73 Å². The average Bonchev–Trinajstić information content (AvgIpc) is 2.77. The lowest BCUT2D eigenvalue weighted by Crippen LogP contribution is -2.22. The van der Waals surface area contributed by atoms with E-state index >= 15 is 0 Å². The Bertz CT molecular complexity index is 469. The fourth-order valence-electron chi connectivity index (χ4n) is 1.75. The molecule has 2 aromatic rings. The lowest BCUT2D eigenvalue weighted by atomic mass is 10.1. The van der Waals surface area contributed by atoms with E-state index in [-0.39, 0.29) is 12.1 Å². The van der Waals surface area contributed by atoms with Crippen molar-refractivity contribution in [3.63, 3.8) is 0 Å². The van der Waals surface area contributed by atoms with E-state index in [0.717, 1.165) is 10.4 Å². The van der Waals surface area contributed by atoms with Gasteiger partial charge in [-0.05, 0) is 53.5 Å². The Morgan fingerprint density at radius 2 is 2.06 bits per heavy atom. The number of furan rings is 1. The molecule has 2 rings (SSSR count). The first-order valence-corrected chi connectivity index (χ1v) is 6.37. The van der Waals surface area contributed by atoms with Gasteiger partial charge in [-0.2, -0.15) is 0 Å². The zero-order chi connectivity index (χ0) is 12.3. The Labute approximate surface area is 109 Å². The molecule has 17 heavy (non-hydrogen) atoms. The fourth-order valence-corrected chi connectivity index (χ4v) is 2.07. The summed E-state index contributed by atoms with van der Waals surface area (Å²) < 4.78 is 6.28. The second-order valence-corrected chi connectivity index (χ2v) is 4.82. The maximum atomic E-state index is 5.52. The summed E-state index contributed by atoms with van der Waals surface area (Å²) in [6.07, 6.45) is 3.66. The van der Waals surface area contributed by atoms with Crippen molar-refractivity contribution >= 4 is 15.9 Å². The predicted octanol–water partition coefficient (Wildman–Crippen LogP) is 3.85. The average molecular weight is 295 g/mol. The van der Waals surface area contributed by atoms with Crippen LogP contribution in [0.1, 0.15) is 37.3 Å². The number of pyridine rings is 1. The first-order valence-electron chi connectivity index (χ1n) is 5.58. The van der Waals surface area contributed by atoms with Gasteiger partial charge in [0.25, 0.3) is 0 Å². The van der Waals surface area contributed by atoms with Gasteiger partial charge in [0.2, 0.25) is 0 Å². The van der Waals surface area contributed by atoms with Crippen LogP contribution in [0, 0.1) is 0 Å². The molecule has 0 spiro atoms. The van der Waals surface area contributed by atoms with Crippen LogP contribution in [-0.4, -0.2) is 4.98 Å². The molecule has 0 aliphatic rings. The minimum Gasteiger partial charge on any atom is -0.453 e. The van der Waals surface area contributed by atoms with Gasteiger partial charge in [0.05, 0.1) is 6.04 Å². The van der Waals surface area contributed by atoms with Crippen molar-refractivity contribution in [2.75, 3.05) is 0 Å². The number of aromatic nitrogens is 1. The van der Waals surface area contributed by atoms with E-state index in [1.165, 1.54) is 5.56 Å². The molecule has 0 fully saturated rings. The zero-order valence-electron chi connectivity index (χ0n) is 9.85. The minimum atomic E-state index is 0.163. The summed E-state index contributed by atoms with van der Waals surface area (Å²) in [7, 11) is 0. The molecule has 2 unspecified atom stereocenters. The Hall–Kier alpha value is -1.13. The molecule has 3 nitrogen and oxygen atoms in total. The predicted molar refractivity (Wildman–Crippen MR) is 70.6 cm³/mol. The highest BCUT2D eigenvalue weighted by molar-refractivity contribution is 9.10. The summed E-state index contributed by atoms with van der Waals surface area (Å²) in [5.41, 5.74) is 1.17. The van der Waals surface area contributed by atoms with Crippen molar-refractivity contribution in [1.82, 2.24) is 10.3 Å². The molecule has 0 saturated carbocycles. The molecule has 90 valence electrons. The van der Waals surface area contributed by atoms with Gasteiger partial charge in [-0.1, -0.05) is 6.07 Å². The van der Waals surface area contributed by atoms with Crippen molar-refractivity contribution in [2.24, 2.45) is 0 Å². The standard InChI is InChI=1S/C13H15BrN2O/c1-9(11-4-3-7-15-8-11)16-10(2)12-5-6-13(14)17-12/h3-10,16H,1-2H3. The molecule has 0 bridgehead atoms. The van der Waals surface area contributed by atoms with Crippen molar-refractivity contribution < 1.29 is 4.42 Å². The lowest BCUT2D eigenvalue weighted by Gasteiger charge is -2.18. The van der Waals surface area contributed by atoms with Gasteiger partial charge in [-0.25, -0.2) is 0 Å². The smallest absolute Gasteiger partial charge is 0.169 e. The zero-order valence-corrected chi connectivity index (χ0v) is 11.4. The summed E-state index contributed by atoms with van der Waals surface area (Å²) in [6, 6.07) is 8.29. The van der Waals surface area contributed by atoms with Crippen LogP contribution in [0.15, 0.2) is 45.7 Å². The maximum absolute atomic E-state index is 5.52. The number of rotatable bonds is 4. The monoisotopic (exact) mass is 294 g/mol. The largest absolute Gasteiger partial charge is 0.453 e. The highest BCUT2D eigenvalue weighted by Gasteiger charge is 2.13. The van der Waals surface area contributed by atoms with Crippen LogP contribution in [0.25, 0.3) is 0 Å². The molecule has 2 atom stereocenters. The van der Waals surface area contributed by atoms with Crippen molar-refractivity contribution in [3.05, 3.63) is 52.7 Å². The molecule has 0 saturated heterocycles. The molecule has 0 aromatic carbocycles. The second-order valence-electron chi connectivity index (χ2n) is 4.04. The summed E-state index contributed by atoms with van der Waals surface area (Å²) in [5.74, 6) is 0.924. The first-order chi connectivity index (χ1) is 8.16. The lowest BCUT2D eigenvalue weighted by molar-refractivity contribution is 0.393. The summed E-state index contributed by atoms with van der Waals surface area (Å²) in [5, 5.41) is 3.47. The van der Waals surface area contributed by atoms with Crippen molar-refractivity contribution in [2.45, 2.75) is 25.9 Å². The summed E-state index contributed by atoms with van der Waals surface area (Å²) >= 11 is 3.31. The first kappa shape index (κ1) is 12.3. The Kier molecular flexibility index (Phi) is 3.97. The van der Waals surface area contributed by atoms with E-state index < -0.39 is 0 Å². The van der Waals surface area contributed by atoms with Crippen LogP contribution in [0.4, 0.5) is 0 Å². The van der Waals surface area contributed by atoms with Crippen LogP contribution in [0.3, 0.4) is 0 Å². The molecule has 0 aliphatic heterocycles. The van der Waals surface area contributed by atoms with Crippen LogP contribution in [0.5, 0.6) is 0 Å². The molecule has 0 radical (unpaired) electrons. The molecule has 2 aromatic heterocycles. The van der Waals surface area contributed by atoms with Crippen LogP contribution in [-0.2, 0) is 0 Å². The molecule has 4 heteroatoms. The van der Waals surface area contributed by atoms with Crippen LogP contribution < -0.4 is 5.32 Å². The van der Waals surface area contributed by atoms with Crippen molar-refractivity contribution in [1.29, 1.82) is 0 Å². The molecular weight excluding hydrogens is 280 g/mol. The normalized spacial score (nSPS) is 14.5. The van der Waals surface area contributed by atoms with E-state index in [1.54, 1.807) is 6.20 Å². The molecular formula is C13H15BrN2O. The van der Waals surface area contributed by atoms with Gasteiger partial charge in [0.1, 0.15) is 5.76 Å². The number of hydrogen-bond acceptors (Lipinski definition) is 3. The quantitative estimate of drug-likeness (QED) is 0.931. The van der Waals surface area contributed by atoms with Gasteiger partial charge in [0, 0.05) is 18.4 Å². The summed E-state index contributed by atoms with van der Waals surface area (Å²) in [4.78, 5) is 4.12. The van der Waals surface area contributed by atoms with Gasteiger partial charge in [-0.3, -0.25) is 4.98 Å². The SMILES string of the molecule is CC(NC(C)c1ccc(Br)o1)c1cccnc1. The van der Waals surface area contributed by atoms with E-state index in [0.29, 0.717) is 0 Å². The van der Waals surface area contributed by atoms with Gasteiger partial charge in [-0.15, -0.1) is 0 Å². The third kappa shape index (κ3) is 3.17. The molecule has 0 amide bonds. The molecule has 1 N–H and O–H groups in total. The fraction of sp³-hybridized carbons (Fsp3) is 0.308. The highest BCUT2D eigenvalue weighted by Crippen LogP contribution is 2.22. The van der Waals surface area contributed by atoms with Crippen molar-refractivity contribution in [3.8, 4) is 0 Å². The van der Waals surface area contributed by atoms with E-state index in [4.69, 9.17) is 4.42 Å². The van der Waals surface area contributed by atoms with Crippen LogP contribution in [0.2, 0.25) is 0 Å². The summed E-state index contributed by atoms with van der Waals surface area (Å²) in [6.45, 7) is 4.20. The highest BCUT2D eigenvalue weighted by atomic mass is 79.9. The van der Waals surface area contributed by atoms with Gasteiger partial charge in [0.15, 0.2) is 4.67 Å². The van der Waals surface area contributed by atoms with Crippen LogP contribution >= 0.6 is 15.9 Å². The van der Waals surface area contributed by atoms with E-state index in [9.17, 15) is 0 Å². The Morgan fingerprint density at radius 3 is 2.65 bits per heavy atom. The number of hydrogen-bond donors (Lipinski definition) is 1. The molecule has 0 aliphatic carbocycles. The topological polar surface area (TPSA) is 38.1 Å². The Balaban J connectivity index is 2.02. The third-order valence-electron chi connectivity index (χ3n) is 2.71. The second kappa shape index (κ2) is 5.47. The molecule has 2 heterocycles. The number of halogens is 1. The Morgan fingerprint density at radius 1 is 1.24 bits per heavy atom. The van der Waals surface area contributed by atoms with E-state index in [2.05, 4.69) is 46.1 Å². The third-order valence-corrected chi connectivity index (χ3v) is 3.13.